The smallest absolute Gasteiger partial charge is 0.0716 e. The third-order valence-corrected chi connectivity index (χ3v) is 5.81. The lowest BCUT2D eigenvalue weighted by atomic mass is 10.00. The molecule has 0 unspecified atom stereocenters. The first-order valence-corrected chi connectivity index (χ1v) is 10.0. The van der Waals surface area contributed by atoms with Crippen LogP contribution in [0, 0.1) is 6.92 Å². The topological polar surface area (TPSA) is 17.0 Å². The van der Waals surface area contributed by atoms with Gasteiger partial charge in [0.1, 0.15) is 0 Å². The van der Waals surface area contributed by atoms with Crippen LogP contribution in [0.3, 0.4) is 0 Å². The molecule has 1 N–H and O–H groups in total. The molecular formula is C23H18Cl2N2S. The quantitative estimate of drug-likeness (QED) is 0.273. The Morgan fingerprint density at radius 1 is 0.964 bits per heavy atom. The predicted octanol–water partition coefficient (Wildman–Crippen LogP) is 7.30. The van der Waals surface area contributed by atoms with E-state index in [1.165, 1.54) is 5.39 Å². The molecule has 0 aliphatic rings. The number of nitrogens with zero attached hydrogens (tertiary/aromatic N) is 1. The van der Waals surface area contributed by atoms with Crippen molar-refractivity contribution >= 4 is 62.6 Å². The van der Waals surface area contributed by atoms with Crippen LogP contribution in [0.1, 0.15) is 16.7 Å². The molecule has 5 heteroatoms. The molecule has 0 aliphatic carbocycles. The van der Waals surface area contributed by atoms with Crippen LogP contribution in [0.2, 0.25) is 10.0 Å². The van der Waals surface area contributed by atoms with Gasteiger partial charge in [0.2, 0.25) is 0 Å². The molecule has 4 rings (SSSR count). The van der Waals surface area contributed by atoms with Crippen molar-refractivity contribution in [1.29, 1.82) is 0 Å². The monoisotopic (exact) mass is 424 g/mol. The minimum Gasteiger partial charge on any atom is -0.354 e. The number of aryl methyl sites for hydroxylation is 2. The van der Waals surface area contributed by atoms with E-state index < -0.39 is 0 Å². The molecule has 28 heavy (non-hydrogen) atoms. The van der Waals surface area contributed by atoms with Gasteiger partial charge >= 0.3 is 0 Å². The fourth-order valence-electron chi connectivity index (χ4n) is 3.42. The van der Waals surface area contributed by atoms with Crippen molar-refractivity contribution in [2.75, 3.05) is 5.32 Å². The van der Waals surface area contributed by atoms with E-state index in [1.54, 1.807) is 0 Å². The number of anilines is 2. The molecule has 140 valence electrons. The summed E-state index contributed by atoms with van der Waals surface area (Å²) in [7, 11) is 2.04. The summed E-state index contributed by atoms with van der Waals surface area (Å²) in [6.45, 7) is 2.00. The fourth-order valence-corrected chi connectivity index (χ4v) is 4.38. The largest absolute Gasteiger partial charge is 0.354 e. The first-order chi connectivity index (χ1) is 13.4. The summed E-state index contributed by atoms with van der Waals surface area (Å²) < 4.78 is 2.10. The highest BCUT2D eigenvalue weighted by Crippen LogP contribution is 2.30. The highest BCUT2D eigenvalue weighted by atomic mass is 35.5. The number of hydrogen-bond acceptors (Lipinski definition) is 2. The number of fused-ring (bicyclic) bond motifs is 1. The maximum Gasteiger partial charge on any atom is 0.0716 e. The summed E-state index contributed by atoms with van der Waals surface area (Å²) in [4.78, 5) is 0.718. The molecule has 0 atom stereocenters. The zero-order valence-electron chi connectivity index (χ0n) is 15.5. The summed E-state index contributed by atoms with van der Waals surface area (Å²) >= 11 is 18.4. The average molecular weight is 425 g/mol. The lowest BCUT2D eigenvalue weighted by Crippen LogP contribution is -2.04. The van der Waals surface area contributed by atoms with E-state index in [4.69, 9.17) is 35.4 Å². The van der Waals surface area contributed by atoms with Gasteiger partial charge in [0.15, 0.2) is 0 Å². The van der Waals surface area contributed by atoms with E-state index in [2.05, 4.69) is 34.3 Å². The fraction of sp³-hybridized carbons (Fsp3) is 0.0870. The SMILES string of the molecule is Cc1cc(Cl)ccc1C(=S)c1ccc(Nc2cccc3ccn(C)c23)cc1Cl. The minimum atomic E-state index is 0.614. The normalized spacial score (nSPS) is 11.0. The van der Waals surface area contributed by atoms with Gasteiger partial charge in [0.25, 0.3) is 0 Å². The van der Waals surface area contributed by atoms with Crippen molar-refractivity contribution < 1.29 is 0 Å². The molecule has 0 saturated carbocycles. The van der Waals surface area contributed by atoms with E-state index in [0.717, 1.165) is 38.4 Å². The molecule has 2 nitrogen and oxygen atoms in total. The second-order valence-corrected chi connectivity index (χ2v) is 8.03. The van der Waals surface area contributed by atoms with E-state index in [1.807, 2.05) is 56.4 Å². The average Bonchev–Trinajstić information content (AvgIpc) is 3.03. The number of nitrogens with one attached hydrogen (secondary N) is 1. The third-order valence-electron chi connectivity index (χ3n) is 4.82. The number of aromatic nitrogens is 1. The molecule has 0 amide bonds. The van der Waals surface area contributed by atoms with Crippen LogP contribution >= 0.6 is 35.4 Å². The van der Waals surface area contributed by atoms with Gasteiger partial charge in [0.05, 0.1) is 21.1 Å². The molecule has 0 saturated heterocycles. The Morgan fingerprint density at radius 2 is 1.75 bits per heavy atom. The van der Waals surface area contributed by atoms with Gasteiger partial charge in [0, 0.05) is 34.9 Å². The molecule has 0 spiro atoms. The van der Waals surface area contributed by atoms with Gasteiger partial charge in [-0.25, -0.2) is 0 Å². The number of benzene rings is 3. The van der Waals surface area contributed by atoms with Crippen LogP contribution < -0.4 is 5.32 Å². The van der Waals surface area contributed by atoms with Gasteiger partial charge in [-0.3, -0.25) is 0 Å². The molecule has 4 aromatic rings. The predicted molar refractivity (Wildman–Crippen MR) is 125 cm³/mol. The number of thiocarbonyl (C=S) groups is 1. The van der Waals surface area contributed by atoms with E-state index in [9.17, 15) is 0 Å². The van der Waals surface area contributed by atoms with Crippen LogP contribution in [0.5, 0.6) is 0 Å². The van der Waals surface area contributed by atoms with Crippen LogP contribution in [0.15, 0.2) is 66.9 Å². The van der Waals surface area contributed by atoms with E-state index >= 15 is 0 Å². The number of rotatable bonds is 4. The van der Waals surface area contributed by atoms with Crippen LogP contribution in [-0.4, -0.2) is 9.43 Å². The van der Waals surface area contributed by atoms with Crippen LogP contribution in [0.4, 0.5) is 11.4 Å². The van der Waals surface area contributed by atoms with Crippen LogP contribution in [-0.2, 0) is 7.05 Å². The molecule has 1 heterocycles. The Bertz CT molecular complexity index is 1210. The van der Waals surface area contributed by atoms with Crippen molar-refractivity contribution in [3.05, 3.63) is 93.6 Å². The lowest BCUT2D eigenvalue weighted by Gasteiger charge is -2.13. The summed E-state index contributed by atoms with van der Waals surface area (Å²) in [6.07, 6.45) is 2.05. The van der Waals surface area contributed by atoms with E-state index in [-0.39, 0.29) is 0 Å². The Balaban J connectivity index is 1.66. The number of hydrogen-bond donors (Lipinski definition) is 1. The standard InChI is InChI=1S/C23H18Cl2N2S/c1-14-12-16(24)6-8-18(14)23(28)19-9-7-17(13-20(19)25)26-21-5-3-4-15-10-11-27(2)22(15)21/h3-13,26H,1-2H3. The molecular weight excluding hydrogens is 407 g/mol. The van der Waals surface area contributed by atoms with Crippen molar-refractivity contribution in [3.63, 3.8) is 0 Å². The first kappa shape index (κ1) is 19.0. The number of para-hydroxylation sites is 1. The Morgan fingerprint density at radius 3 is 2.50 bits per heavy atom. The Labute approximate surface area is 179 Å². The molecule has 0 fully saturated rings. The second kappa shape index (κ2) is 7.59. The van der Waals surface area contributed by atoms with Gasteiger partial charge < -0.3 is 9.88 Å². The van der Waals surface area contributed by atoms with Gasteiger partial charge in [-0.15, -0.1) is 0 Å². The maximum absolute atomic E-state index is 6.59. The molecule has 1 aromatic heterocycles. The van der Waals surface area contributed by atoms with Gasteiger partial charge in [-0.1, -0.05) is 53.6 Å². The molecule has 0 bridgehead atoms. The maximum atomic E-state index is 6.59. The Kier molecular flexibility index (Phi) is 5.15. The first-order valence-electron chi connectivity index (χ1n) is 8.85. The van der Waals surface area contributed by atoms with Crippen molar-refractivity contribution in [2.24, 2.45) is 7.05 Å². The molecule has 0 aliphatic heterocycles. The van der Waals surface area contributed by atoms with Crippen molar-refractivity contribution in [3.8, 4) is 0 Å². The van der Waals surface area contributed by atoms with E-state index in [0.29, 0.717) is 10.0 Å². The zero-order chi connectivity index (χ0) is 19.8. The molecule has 0 radical (unpaired) electrons. The Hall–Kier alpha value is -2.33. The van der Waals surface area contributed by atoms with Gasteiger partial charge in [-0.05, 0) is 60.5 Å². The summed E-state index contributed by atoms with van der Waals surface area (Å²) in [5, 5.41) is 5.98. The summed E-state index contributed by atoms with van der Waals surface area (Å²) in [5.74, 6) is 0. The van der Waals surface area contributed by atoms with Gasteiger partial charge in [-0.2, -0.15) is 0 Å². The van der Waals surface area contributed by atoms with Crippen molar-refractivity contribution in [2.45, 2.75) is 6.92 Å². The minimum absolute atomic E-state index is 0.614. The highest BCUT2D eigenvalue weighted by molar-refractivity contribution is 7.81. The zero-order valence-corrected chi connectivity index (χ0v) is 17.8. The van der Waals surface area contributed by atoms with Crippen LogP contribution in [0.25, 0.3) is 10.9 Å². The van der Waals surface area contributed by atoms with Crippen molar-refractivity contribution in [1.82, 2.24) is 4.57 Å². The summed E-state index contributed by atoms with van der Waals surface area (Å²) in [5.41, 5.74) is 5.93. The highest BCUT2D eigenvalue weighted by Gasteiger charge is 2.13. The number of halogens is 2. The lowest BCUT2D eigenvalue weighted by molar-refractivity contribution is 0.970. The molecule has 3 aromatic carbocycles. The third kappa shape index (κ3) is 3.53. The second-order valence-electron chi connectivity index (χ2n) is 6.78. The summed E-state index contributed by atoms with van der Waals surface area (Å²) in [6, 6.07) is 19.9.